The van der Waals surface area contributed by atoms with E-state index in [1.807, 2.05) is 6.92 Å². The van der Waals surface area contributed by atoms with Crippen LogP contribution in [0.1, 0.15) is 5.69 Å². The van der Waals surface area contributed by atoms with E-state index in [9.17, 15) is 4.79 Å². The summed E-state index contributed by atoms with van der Waals surface area (Å²) >= 11 is 0. The average Bonchev–Trinajstić information content (AvgIpc) is 2.28. The molecule has 5 nitrogen and oxygen atoms in total. The van der Waals surface area contributed by atoms with E-state index in [0.717, 1.165) is 5.69 Å². The fourth-order valence-corrected chi connectivity index (χ4v) is 1.07. The van der Waals surface area contributed by atoms with Crippen molar-refractivity contribution in [2.45, 2.75) is 6.92 Å². The van der Waals surface area contributed by atoms with Crippen molar-refractivity contribution in [1.29, 1.82) is 0 Å². The lowest BCUT2D eigenvalue weighted by Gasteiger charge is -1.96. The SMILES string of the molecule is Cc1cc2nc(=O)n(C)n2cn1. The number of hydrogen-bond acceptors (Lipinski definition) is 3. The van der Waals surface area contributed by atoms with Crippen molar-refractivity contribution < 1.29 is 0 Å². The van der Waals surface area contributed by atoms with Crippen LogP contribution in [0.3, 0.4) is 0 Å². The van der Waals surface area contributed by atoms with Crippen molar-refractivity contribution >= 4 is 5.65 Å². The van der Waals surface area contributed by atoms with Crippen molar-refractivity contribution in [3.05, 3.63) is 28.6 Å². The highest BCUT2D eigenvalue weighted by Gasteiger charge is 2.01. The Labute approximate surface area is 68.3 Å². The van der Waals surface area contributed by atoms with Gasteiger partial charge in [0.15, 0.2) is 5.65 Å². The minimum Gasteiger partial charge on any atom is -0.244 e. The van der Waals surface area contributed by atoms with Crippen LogP contribution in [0.2, 0.25) is 0 Å². The van der Waals surface area contributed by atoms with Crippen LogP contribution in [-0.4, -0.2) is 19.2 Å². The third kappa shape index (κ3) is 0.827. The second kappa shape index (κ2) is 2.17. The summed E-state index contributed by atoms with van der Waals surface area (Å²) in [5.74, 6) is 0. The van der Waals surface area contributed by atoms with Crippen LogP contribution in [0.4, 0.5) is 0 Å². The zero-order valence-corrected chi connectivity index (χ0v) is 6.85. The lowest BCUT2D eigenvalue weighted by Crippen LogP contribution is -2.16. The molecule has 0 radical (unpaired) electrons. The van der Waals surface area contributed by atoms with Crippen LogP contribution < -0.4 is 5.69 Å². The molecule has 62 valence electrons. The van der Waals surface area contributed by atoms with E-state index < -0.39 is 0 Å². The minimum atomic E-state index is -0.262. The van der Waals surface area contributed by atoms with Crippen LogP contribution >= 0.6 is 0 Å². The third-order valence-corrected chi connectivity index (χ3v) is 1.75. The van der Waals surface area contributed by atoms with Gasteiger partial charge in [0.05, 0.1) is 0 Å². The Balaban J connectivity index is 2.96. The molecule has 0 fully saturated rings. The van der Waals surface area contributed by atoms with Crippen LogP contribution in [0, 0.1) is 6.92 Å². The van der Waals surface area contributed by atoms with Gasteiger partial charge < -0.3 is 0 Å². The molecule has 0 saturated carbocycles. The molecule has 0 aromatic carbocycles. The Morgan fingerprint density at radius 3 is 3.00 bits per heavy atom. The molecule has 2 heterocycles. The number of aryl methyl sites for hydroxylation is 2. The van der Waals surface area contributed by atoms with E-state index in [0.29, 0.717) is 5.65 Å². The number of rotatable bonds is 0. The smallest absolute Gasteiger partial charge is 0.244 e. The van der Waals surface area contributed by atoms with Gasteiger partial charge in [0, 0.05) is 18.8 Å². The van der Waals surface area contributed by atoms with E-state index in [2.05, 4.69) is 9.97 Å². The van der Waals surface area contributed by atoms with Gasteiger partial charge in [0.2, 0.25) is 0 Å². The maximum absolute atomic E-state index is 11.1. The fraction of sp³-hybridized carbons (Fsp3) is 0.286. The molecule has 0 spiro atoms. The summed E-state index contributed by atoms with van der Waals surface area (Å²) in [5, 5.41) is 0. The first-order valence-electron chi connectivity index (χ1n) is 3.56. The van der Waals surface area contributed by atoms with Crippen LogP contribution in [0.5, 0.6) is 0 Å². The number of hydrogen-bond donors (Lipinski definition) is 0. The topological polar surface area (TPSA) is 52.2 Å². The van der Waals surface area contributed by atoms with E-state index in [-0.39, 0.29) is 5.69 Å². The molecule has 0 aliphatic heterocycles. The molecular weight excluding hydrogens is 156 g/mol. The van der Waals surface area contributed by atoms with Gasteiger partial charge >= 0.3 is 5.69 Å². The molecule has 0 amide bonds. The van der Waals surface area contributed by atoms with Gasteiger partial charge in [0.1, 0.15) is 6.33 Å². The van der Waals surface area contributed by atoms with Crippen molar-refractivity contribution in [2.75, 3.05) is 0 Å². The lowest BCUT2D eigenvalue weighted by atomic mass is 10.4. The molecule has 0 aliphatic rings. The minimum absolute atomic E-state index is 0.262. The molecule has 2 rings (SSSR count). The van der Waals surface area contributed by atoms with Gasteiger partial charge in [0.25, 0.3) is 0 Å². The first-order chi connectivity index (χ1) is 5.68. The highest BCUT2D eigenvalue weighted by molar-refractivity contribution is 5.36. The monoisotopic (exact) mass is 164 g/mol. The molecule has 5 heteroatoms. The summed E-state index contributed by atoms with van der Waals surface area (Å²) in [7, 11) is 1.65. The first-order valence-corrected chi connectivity index (χ1v) is 3.56. The van der Waals surface area contributed by atoms with Crippen molar-refractivity contribution in [3.63, 3.8) is 0 Å². The molecule has 2 aromatic heterocycles. The molecule has 0 unspecified atom stereocenters. The maximum Gasteiger partial charge on any atom is 0.364 e. The van der Waals surface area contributed by atoms with Crippen molar-refractivity contribution in [1.82, 2.24) is 19.2 Å². The molecule has 0 saturated heterocycles. The third-order valence-electron chi connectivity index (χ3n) is 1.75. The Hall–Kier alpha value is -1.65. The Morgan fingerprint density at radius 2 is 2.25 bits per heavy atom. The summed E-state index contributed by atoms with van der Waals surface area (Å²) in [6, 6.07) is 1.77. The molecule has 0 bridgehead atoms. The molecule has 0 aliphatic carbocycles. The summed E-state index contributed by atoms with van der Waals surface area (Å²) in [4.78, 5) is 18.9. The van der Waals surface area contributed by atoms with Gasteiger partial charge in [-0.3, -0.25) is 0 Å². The van der Waals surface area contributed by atoms with Crippen molar-refractivity contribution in [3.8, 4) is 0 Å². The number of aromatic nitrogens is 4. The molecule has 12 heavy (non-hydrogen) atoms. The van der Waals surface area contributed by atoms with E-state index in [4.69, 9.17) is 0 Å². The van der Waals surface area contributed by atoms with Gasteiger partial charge in [-0.2, -0.15) is 4.98 Å². The normalized spacial score (nSPS) is 10.8. The van der Waals surface area contributed by atoms with E-state index in [1.54, 1.807) is 24.0 Å². The second-order valence-corrected chi connectivity index (χ2v) is 2.65. The standard InChI is InChI=1S/C7H8N4O/c1-5-3-6-9-7(12)10(2)11(6)4-8-5/h3-4H,1-2H3. The Bertz CT molecular complexity index is 482. The maximum atomic E-state index is 11.1. The number of fused-ring (bicyclic) bond motifs is 1. The van der Waals surface area contributed by atoms with Gasteiger partial charge in [-0.25, -0.2) is 19.0 Å². The average molecular weight is 164 g/mol. The van der Waals surface area contributed by atoms with E-state index in [1.165, 1.54) is 4.68 Å². The molecular formula is C7H8N4O. The zero-order valence-electron chi connectivity index (χ0n) is 6.85. The summed E-state index contributed by atoms with van der Waals surface area (Å²) in [5.41, 5.74) is 1.23. The zero-order chi connectivity index (χ0) is 8.72. The molecule has 0 N–H and O–H groups in total. The van der Waals surface area contributed by atoms with Gasteiger partial charge in [-0.15, -0.1) is 0 Å². The number of nitrogens with zero attached hydrogens (tertiary/aromatic N) is 4. The second-order valence-electron chi connectivity index (χ2n) is 2.65. The van der Waals surface area contributed by atoms with Gasteiger partial charge in [-0.1, -0.05) is 0 Å². The molecule has 0 atom stereocenters. The van der Waals surface area contributed by atoms with Crippen LogP contribution in [-0.2, 0) is 7.05 Å². The summed E-state index contributed by atoms with van der Waals surface area (Å²) in [6.45, 7) is 1.86. The fourth-order valence-electron chi connectivity index (χ4n) is 1.07. The predicted molar refractivity (Wildman–Crippen MR) is 43.0 cm³/mol. The highest BCUT2D eigenvalue weighted by atomic mass is 16.2. The van der Waals surface area contributed by atoms with Gasteiger partial charge in [-0.05, 0) is 6.92 Å². The quantitative estimate of drug-likeness (QED) is 0.539. The van der Waals surface area contributed by atoms with Crippen molar-refractivity contribution in [2.24, 2.45) is 7.05 Å². The predicted octanol–water partition coefficient (Wildman–Crippen LogP) is -0.264. The molecule has 2 aromatic rings. The Morgan fingerprint density at radius 1 is 1.50 bits per heavy atom. The summed E-state index contributed by atoms with van der Waals surface area (Å²) in [6.07, 6.45) is 1.58. The van der Waals surface area contributed by atoms with E-state index >= 15 is 0 Å². The Kier molecular flexibility index (Phi) is 1.27. The van der Waals surface area contributed by atoms with Crippen LogP contribution in [0.15, 0.2) is 17.2 Å². The largest absolute Gasteiger partial charge is 0.364 e. The lowest BCUT2D eigenvalue weighted by molar-refractivity contribution is 0.665. The highest BCUT2D eigenvalue weighted by Crippen LogP contribution is 1.96. The first kappa shape index (κ1) is 7.02. The summed E-state index contributed by atoms with van der Waals surface area (Å²) < 4.78 is 3.01. The van der Waals surface area contributed by atoms with Crippen LogP contribution in [0.25, 0.3) is 5.65 Å².